The molecule has 1 aromatic heterocycles. The number of rotatable bonds is 28. The van der Waals surface area contributed by atoms with Crippen LogP contribution in [0.1, 0.15) is 76.1 Å². The molecule has 15 N–H and O–H groups in total. The van der Waals surface area contributed by atoms with Crippen LogP contribution in [-0.2, 0) is 62.4 Å². The van der Waals surface area contributed by atoms with E-state index in [9.17, 15) is 53.4 Å². The molecule has 0 saturated carbocycles. The SMILES string of the molecule is CC(C)C[C@H](NC(=O)[C@H](Cc1ccccc1)NC(=O)[C@@H]1CCCN1C(=O)[C@H](Cc1c[nH]cn1)NC(=O)[C@H](CC(=O)O)NC(=O)[C@H](C)NC(=O)[C@H](CCCN=C(N)N)NC(=O)[C@@H](N)Cc1ccccc1)C(=O)O. The van der Waals surface area contributed by atoms with Crippen molar-refractivity contribution in [2.75, 3.05) is 13.1 Å². The van der Waals surface area contributed by atoms with Crippen molar-refractivity contribution in [1.82, 2.24) is 46.8 Å². The summed E-state index contributed by atoms with van der Waals surface area (Å²) in [6, 6.07) is 7.13. The fraction of sp³-hybridized carbons (Fsp3) is 0.479. The molecular weight excluding hydrogens is 935 g/mol. The van der Waals surface area contributed by atoms with E-state index in [1.165, 1.54) is 24.3 Å². The minimum absolute atomic E-state index is 0.00827. The summed E-state index contributed by atoms with van der Waals surface area (Å²) < 4.78 is 0. The molecule has 0 radical (unpaired) electrons. The number of carbonyl (C=O) groups is 9. The first kappa shape index (κ1) is 56.7. The number of aliphatic imine (C=N–C) groups is 1. The van der Waals surface area contributed by atoms with Crippen LogP contribution in [-0.4, -0.2) is 146 Å². The normalized spacial score (nSPS) is 16.1. The zero-order valence-electron chi connectivity index (χ0n) is 40.5. The number of likely N-dealkylation sites (tertiary alicyclic amines) is 1. The standard InChI is InChI=1S/C48H67N13O11/c1-27(2)20-37(47(71)72)60-43(67)34(22-30-14-8-5-9-15-30)58-45(69)38-17-11-19-61(38)46(70)36(23-31-25-52-26-54-31)59-44(68)35(24-39(62)63)57-40(64)28(3)55-42(66)33(16-10-18-53-48(50)51)56-41(65)32(49)21-29-12-6-4-7-13-29/h4-9,12-15,25-28,32-38H,10-11,16-24,49H2,1-3H3,(H,52,54)(H,55,66)(H,56,65)(H,57,64)(H,58,69)(H,59,68)(H,60,67)(H,62,63)(H,71,72)(H4,50,51,53)/t28-,32-,33-,34-,35-,36-,37-,38-/m0/s1. The summed E-state index contributed by atoms with van der Waals surface area (Å²) in [7, 11) is 0. The number of hydrogen-bond donors (Lipinski definition) is 12. The van der Waals surface area contributed by atoms with Gasteiger partial charge >= 0.3 is 11.9 Å². The Morgan fingerprint density at radius 1 is 0.722 bits per heavy atom. The molecule has 24 heteroatoms. The molecule has 0 unspecified atom stereocenters. The smallest absolute Gasteiger partial charge is 0.326 e. The third kappa shape index (κ3) is 18.5. The summed E-state index contributed by atoms with van der Waals surface area (Å²) in [5.41, 5.74) is 18.8. The number of carboxylic acid groups (broad SMARTS) is 2. The molecule has 1 saturated heterocycles. The Labute approximate surface area is 416 Å². The first-order chi connectivity index (χ1) is 34.2. The van der Waals surface area contributed by atoms with Crippen molar-refractivity contribution in [1.29, 1.82) is 0 Å². The van der Waals surface area contributed by atoms with Crippen LogP contribution in [0, 0.1) is 5.92 Å². The van der Waals surface area contributed by atoms with Gasteiger partial charge in [-0.1, -0.05) is 74.5 Å². The summed E-state index contributed by atoms with van der Waals surface area (Å²) >= 11 is 0. The van der Waals surface area contributed by atoms with Gasteiger partial charge in [0, 0.05) is 32.1 Å². The van der Waals surface area contributed by atoms with E-state index in [0.29, 0.717) is 17.7 Å². The molecule has 390 valence electrons. The molecule has 1 aliphatic rings. The number of nitrogens with one attached hydrogen (secondary N) is 7. The second-order valence-electron chi connectivity index (χ2n) is 18.0. The lowest BCUT2D eigenvalue weighted by Gasteiger charge is -2.31. The number of benzene rings is 2. The van der Waals surface area contributed by atoms with Crippen LogP contribution >= 0.6 is 0 Å². The highest BCUT2D eigenvalue weighted by Crippen LogP contribution is 2.21. The van der Waals surface area contributed by atoms with E-state index in [1.807, 2.05) is 0 Å². The van der Waals surface area contributed by atoms with Crippen LogP contribution in [0.3, 0.4) is 0 Å². The molecule has 72 heavy (non-hydrogen) atoms. The Balaban J connectivity index is 1.50. The van der Waals surface area contributed by atoms with Crippen molar-refractivity contribution in [3.63, 3.8) is 0 Å². The topological polar surface area (TPSA) is 389 Å². The van der Waals surface area contributed by atoms with Crippen molar-refractivity contribution < 1.29 is 53.4 Å². The number of carbonyl (C=O) groups excluding carboxylic acids is 7. The van der Waals surface area contributed by atoms with Gasteiger partial charge in [-0.3, -0.25) is 43.3 Å². The summed E-state index contributed by atoms with van der Waals surface area (Å²) in [4.78, 5) is 133. The highest BCUT2D eigenvalue weighted by Gasteiger charge is 2.41. The second kappa shape index (κ2) is 28.1. The lowest BCUT2D eigenvalue weighted by molar-refractivity contribution is -0.144. The van der Waals surface area contributed by atoms with Gasteiger partial charge in [-0.05, 0) is 62.5 Å². The van der Waals surface area contributed by atoms with E-state index >= 15 is 0 Å². The molecule has 0 aliphatic carbocycles. The van der Waals surface area contributed by atoms with E-state index in [1.54, 1.807) is 74.5 Å². The van der Waals surface area contributed by atoms with Gasteiger partial charge in [0.15, 0.2) is 5.96 Å². The van der Waals surface area contributed by atoms with Crippen molar-refractivity contribution in [3.05, 3.63) is 90.0 Å². The van der Waals surface area contributed by atoms with Crippen LogP contribution < -0.4 is 49.1 Å². The van der Waals surface area contributed by atoms with Crippen LogP contribution in [0.25, 0.3) is 0 Å². The minimum atomic E-state index is -1.80. The molecule has 1 aliphatic heterocycles. The highest BCUT2D eigenvalue weighted by molar-refractivity contribution is 5.98. The maximum absolute atomic E-state index is 14.5. The lowest BCUT2D eigenvalue weighted by Crippen LogP contribution is -2.60. The number of carboxylic acids is 2. The number of aliphatic carboxylic acids is 2. The van der Waals surface area contributed by atoms with Gasteiger partial charge in [-0.2, -0.15) is 0 Å². The van der Waals surface area contributed by atoms with Crippen LogP contribution in [0.2, 0.25) is 0 Å². The van der Waals surface area contributed by atoms with Crippen molar-refractivity contribution in [2.24, 2.45) is 28.1 Å². The number of aromatic nitrogens is 2. The Bertz CT molecular complexity index is 2350. The summed E-state index contributed by atoms with van der Waals surface area (Å²) in [6.07, 6.45) is 2.64. The largest absolute Gasteiger partial charge is 0.481 e. The van der Waals surface area contributed by atoms with E-state index in [0.717, 1.165) is 5.56 Å². The van der Waals surface area contributed by atoms with Gasteiger partial charge in [0.1, 0.15) is 42.3 Å². The van der Waals surface area contributed by atoms with Gasteiger partial charge in [0.2, 0.25) is 41.4 Å². The van der Waals surface area contributed by atoms with Gasteiger partial charge in [0.05, 0.1) is 24.5 Å². The third-order valence-corrected chi connectivity index (χ3v) is 11.6. The average Bonchev–Trinajstić information content (AvgIpc) is 4.05. The fourth-order valence-corrected chi connectivity index (χ4v) is 7.95. The van der Waals surface area contributed by atoms with Gasteiger partial charge in [-0.25, -0.2) is 9.78 Å². The number of aromatic amines is 1. The fourth-order valence-electron chi connectivity index (χ4n) is 7.95. The molecule has 7 amide bonds. The predicted octanol–water partition coefficient (Wildman–Crippen LogP) is -1.66. The Morgan fingerprint density at radius 2 is 1.31 bits per heavy atom. The minimum Gasteiger partial charge on any atom is -0.481 e. The molecule has 4 rings (SSSR count). The van der Waals surface area contributed by atoms with E-state index in [4.69, 9.17) is 17.2 Å². The highest BCUT2D eigenvalue weighted by atomic mass is 16.4. The molecule has 0 spiro atoms. The van der Waals surface area contributed by atoms with Crippen LogP contribution in [0.5, 0.6) is 0 Å². The Morgan fingerprint density at radius 3 is 1.89 bits per heavy atom. The Hall–Kier alpha value is -7.89. The monoisotopic (exact) mass is 1000 g/mol. The average molecular weight is 1000 g/mol. The molecule has 24 nitrogen and oxygen atoms in total. The number of nitrogens with zero attached hydrogens (tertiary/aromatic N) is 3. The maximum atomic E-state index is 14.5. The predicted molar refractivity (Wildman–Crippen MR) is 262 cm³/mol. The maximum Gasteiger partial charge on any atom is 0.326 e. The summed E-state index contributed by atoms with van der Waals surface area (Å²) in [5, 5.41) is 34.9. The van der Waals surface area contributed by atoms with Crippen LogP contribution in [0.15, 0.2) is 78.2 Å². The lowest BCUT2D eigenvalue weighted by atomic mass is 10.0. The number of imidazole rings is 1. The first-order valence-electron chi connectivity index (χ1n) is 23.7. The number of guanidine groups is 1. The van der Waals surface area contributed by atoms with Gasteiger partial charge in [-0.15, -0.1) is 0 Å². The van der Waals surface area contributed by atoms with Crippen molar-refractivity contribution in [2.45, 2.75) is 127 Å². The number of H-pyrrole nitrogens is 1. The number of amides is 7. The quantitative estimate of drug-likeness (QED) is 0.0220. The molecule has 1 fully saturated rings. The third-order valence-electron chi connectivity index (χ3n) is 11.6. The molecular formula is C48H67N13O11. The molecule has 8 atom stereocenters. The van der Waals surface area contributed by atoms with E-state index in [-0.39, 0.29) is 69.9 Å². The summed E-state index contributed by atoms with van der Waals surface area (Å²) in [5.74, 6) is -8.76. The van der Waals surface area contributed by atoms with Gasteiger partial charge in [0.25, 0.3) is 0 Å². The van der Waals surface area contributed by atoms with E-state index < -0.39 is 108 Å². The first-order valence-corrected chi connectivity index (χ1v) is 23.7. The molecule has 2 aromatic carbocycles. The molecule has 2 heterocycles. The second-order valence-corrected chi connectivity index (χ2v) is 18.0. The van der Waals surface area contributed by atoms with Gasteiger partial charge < -0.3 is 69.2 Å². The summed E-state index contributed by atoms with van der Waals surface area (Å²) in [6.45, 7) is 5.04. The molecule has 0 bridgehead atoms. The zero-order chi connectivity index (χ0) is 52.9. The zero-order valence-corrected chi connectivity index (χ0v) is 40.5. The molecule has 3 aromatic rings. The van der Waals surface area contributed by atoms with Crippen molar-refractivity contribution >= 4 is 59.2 Å². The number of hydrogen-bond acceptors (Lipinski definition) is 12. The number of nitrogens with two attached hydrogens (primary N) is 3. The van der Waals surface area contributed by atoms with Crippen LogP contribution in [0.4, 0.5) is 0 Å². The Kier molecular flexibility index (Phi) is 22.1. The van der Waals surface area contributed by atoms with Crippen molar-refractivity contribution in [3.8, 4) is 0 Å². The van der Waals surface area contributed by atoms with E-state index in [2.05, 4.69) is 46.9 Å².